The molecule has 1 N–H and O–H groups in total. The summed E-state index contributed by atoms with van der Waals surface area (Å²) in [4.78, 5) is 15.3. The molecule has 3 rings (SSSR count). The van der Waals surface area contributed by atoms with Crippen LogP contribution in [0.15, 0.2) is 48.5 Å². The van der Waals surface area contributed by atoms with Crippen molar-refractivity contribution >= 4 is 28.5 Å². The zero-order chi connectivity index (χ0) is 18.7. The number of carbonyl (C=O) groups is 1. The first-order valence-corrected chi connectivity index (χ1v) is 8.16. The van der Waals surface area contributed by atoms with Gasteiger partial charge in [0.05, 0.1) is 12.1 Å². The van der Waals surface area contributed by atoms with Gasteiger partial charge in [0.25, 0.3) is 0 Å². The van der Waals surface area contributed by atoms with Gasteiger partial charge < -0.3 is 19.3 Å². The van der Waals surface area contributed by atoms with E-state index in [1.807, 2.05) is 12.1 Å². The number of rotatable bonds is 6. The number of benzene rings is 2. The second-order valence-electron chi connectivity index (χ2n) is 5.47. The molecule has 134 valence electrons. The number of aromatic nitrogens is 1. The molecule has 0 fully saturated rings. The van der Waals surface area contributed by atoms with Gasteiger partial charge in [-0.1, -0.05) is 17.7 Å². The van der Waals surface area contributed by atoms with Crippen molar-refractivity contribution in [1.82, 2.24) is 4.98 Å². The van der Waals surface area contributed by atoms with Crippen LogP contribution >= 0.6 is 11.6 Å². The summed E-state index contributed by atoms with van der Waals surface area (Å²) in [6.07, 6.45) is -0.930. The van der Waals surface area contributed by atoms with Crippen molar-refractivity contribution in [2.45, 2.75) is 13.0 Å². The van der Waals surface area contributed by atoms with E-state index in [1.165, 1.54) is 14.0 Å². The molecule has 1 heterocycles. The minimum absolute atomic E-state index is 0.380. The van der Waals surface area contributed by atoms with Gasteiger partial charge in [-0.2, -0.15) is 0 Å². The fourth-order valence-corrected chi connectivity index (χ4v) is 2.56. The van der Waals surface area contributed by atoms with E-state index < -0.39 is 12.1 Å². The van der Waals surface area contributed by atoms with Crippen LogP contribution in [0.1, 0.15) is 6.92 Å². The summed E-state index contributed by atoms with van der Waals surface area (Å²) in [6, 6.07) is 13.8. The Morgan fingerprint density at radius 3 is 2.38 bits per heavy atom. The Bertz CT molecular complexity index is 943. The Kier molecular flexibility index (Phi) is 5.14. The molecule has 1 unspecified atom stereocenters. The second kappa shape index (κ2) is 7.49. The fraction of sp³-hybridized carbons (Fsp3) is 0.158. The van der Waals surface area contributed by atoms with E-state index >= 15 is 0 Å². The first-order chi connectivity index (χ1) is 12.5. The van der Waals surface area contributed by atoms with E-state index in [2.05, 4.69) is 4.98 Å². The van der Waals surface area contributed by atoms with Crippen LogP contribution < -0.4 is 14.2 Å². The van der Waals surface area contributed by atoms with Gasteiger partial charge in [0, 0.05) is 11.5 Å². The summed E-state index contributed by atoms with van der Waals surface area (Å²) < 4.78 is 16.4. The number of halogens is 1. The molecule has 0 saturated carbocycles. The molecule has 3 aromatic rings. The molecule has 0 radical (unpaired) electrons. The van der Waals surface area contributed by atoms with Crippen LogP contribution in [0.2, 0.25) is 5.02 Å². The Balaban J connectivity index is 1.81. The van der Waals surface area contributed by atoms with Crippen molar-refractivity contribution in [3.05, 3.63) is 53.6 Å². The maximum absolute atomic E-state index is 10.8. The minimum atomic E-state index is -1.03. The van der Waals surface area contributed by atoms with Gasteiger partial charge in [0.15, 0.2) is 11.9 Å². The molecule has 6 nitrogen and oxygen atoms in total. The number of fused-ring (bicyclic) bond motifs is 1. The molecule has 0 aliphatic carbocycles. The smallest absolute Gasteiger partial charge is 0.344 e. The third-order valence-electron chi connectivity index (χ3n) is 3.65. The molecule has 0 aliphatic rings. The van der Waals surface area contributed by atoms with Crippen molar-refractivity contribution < 1.29 is 24.1 Å². The Morgan fingerprint density at radius 1 is 1.08 bits per heavy atom. The molecule has 1 atom stereocenters. The fourth-order valence-electron chi connectivity index (χ4n) is 2.33. The number of hydrogen-bond donors (Lipinski definition) is 1. The summed E-state index contributed by atoms with van der Waals surface area (Å²) in [5, 5.41) is 10.2. The van der Waals surface area contributed by atoms with Gasteiger partial charge in [-0.15, -0.1) is 0 Å². The lowest BCUT2D eigenvalue weighted by atomic mass is 10.2. The first-order valence-electron chi connectivity index (χ1n) is 7.78. The highest BCUT2D eigenvalue weighted by Crippen LogP contribution is 2.34. The van der Waals surface area contributed by atoms with Crippen LogP contribution in [0.5, 0.6) is 23.1 Å². The largest absolute Gasteiger partial charge is 0.493 e. The number of carboxylic acid groups (broad SMARTS) is 1. The van der Waals surface area contributed by atoms with Gasteiger partial charge >= 0.3 is 5.97 Å². The van der Waals surface area contributed by atoms with Gasteiger partial charge in [-0.25, -0.2) is 9.78 Å². The van der Waals surface area contributed by atoms with Crippen LogP contribution in [0.4, 0.5) is 0 Å². The van der Waals surface area contributed by atoms with Crippen molar-refractivity contribution in [3.63, 3.8) is 0 Å². The molecule has 26 heavy (non-hydrogen) atoms. The van der Waals surface area contributed by atoms with Crippen molar-refractivity contribution in [3.8, 4) is 23.1 Å². The molecule has 2 aromatic carbocycles. The normalized spacial score (nSPS) is 11.8. The lowest BCUT2D eigenvalue weighted by molar-refractivity contribution is -0.144. The molecule has 0 saturated heterocycles. The topological polar surface area (TPSA) is 77.9 Å². The number of pyridine rings is 1. The van der Waals surface area contributed by atoms with Gasteiger partial charge in [0.2, 0.25) is 5.88 Å². The summed E-state index contributed by atoms with van der Waals surface area (Å²) in [5.74, 6) is 0.810. The maximum Gasteiger partial charge on any atom is 0.344 e. The molecular weight excluding hydrogens is 358 g/mol. The van der Waals surface area contributed by atoms with Crippen LogP contribution in [-0.4, -0.2) is 29.3 Å². The van der Waals surface area contributed by atoms with Crippen LogP contribution in [0, 0.1) is 0 Å². The van der Waals surface area contributed by atoms with E-state index in [4.69, 9.17) is 30.9 Å². The molecule has 0 spiro atoms. The molecular formula is C19H16ClNO5. The van der Waals surface area contributed by atoms with Gasteiger partial charge in [-0.05, 0) is 43.3 Å². The summed E-state index contributed by atoms with van der Waals surface area (Å²) in [5.41, 5.74) is 0.604. The van der Waals surface area contributed by atoms with Crippen molar-refractivity contribution in [2.24, 2.45) is 0 Å². The lowest BCUT2D eigenvalue weighted by Gasteiger charge is -2.11. The first kappa shape index (κ1) is 17.8. The zero-order valence-electron chi connectivity index (χ0n) is 14.1. The Hall–Kier alpha value is -2.99. The van der Waals surface area contributed by atoms with E-state index in [9.17, 15) is 4.79 Å². The number of ether oxygens (including phenoxy) is 3. The standard InChI is InChI=1S/C19H16ClNO5/c1-11(19(22)23)25-13-5-7-14(8-6-13)26-16-10-4-12-3-9-15(20)18(24-2)17(12)21-16/h3-11H,1-2H3,(H,22,23). The monoisotopic (exact) mass is 373 g/mol. The second-order valence-corrected chi connectivity index (χ2v) is 5.88. The maximum atomic E-state index is 10.8. The third kappa shape index (κ3) is 3.81. The number of nitrogens with zero attached hydrogens (tertiary/aromatic N) is 1. The number of carboxylic acids is 1. The van der Waals surface area contributed by atoms with E-state index in [0.29, 0.717) is 33.7 Å². The number of methoxy groups -OCH3 is 1. The van der Waals surface area contributed by atoms with Gasteiger partial charge in [0.1, 0.15) is 17.0 Å². The minimum Gasteiger partial charge on any atom is -0.493 e. The SMILES string of the molecule is COc1c(Cl)ccc2ccc(Oc3ccc(OC(C)C(=O)O)cc3)nc12. The summed E-state index contributed by atoms with van der Waals surface area (Å²) in [6.45, 7) is 1.46. The van der Waals surface area contributed by atoms with E-state index in [0.717, 1.165) is 5.39 Å². The molecule has 1 aromatic heterocycles. The highest BCUT2D eigenvalue weighted by Gasteiger charge is 2.13. The summed E-state index contributed by atoms with van der Waals surface area (Å²) in [7, 11) is 1.53. The number of aliphatic carboxylic acids is 1. The van der Waals surface area contributed by atoms with Crippen molar-refractivity contribution in [1.29, 1.82) is 0 Å². The van der Waals surface area contributed by atoms with Gasteiger partial charge in [-0.3, -0.25) is 0 Å². The molecule has 0 amide bonds. The zero-order valence-corrected chi connectivity index (χ0v) is 14.9. The molecule has 0 aliphatic heterocycles. The molecule has 0 bridgehead atoms. The van der Waals surface area contributed by atoms with E-state index in [-0.39, 0.29) is 0 Å². The third-order valence-corrected chi connectivity index (χ3v) is 3.95. The quantitative estimate of drug-likeness (QED) is 0.683. The number of hydrogen-bond acceptors (Lipinski definition) is 5. The highest BCUT2D eigenvalue weighted by molar-refractivity contribution is 6.33. The van der Waals surface area contributed by atoms with E-state index in [1.54, 1.807) is 36.4 Å². The lowest BCUT2D eigenvalue weighted by Crippen LogP contribution is -2.22. The Morgan fingerprint density at radius 2 is 1.73 bits per heavy atom. The Labute approximate surface area is 154 Å². The van der Waals surface area contributed by atoms with Crippen molar-refractivity contribution in [2.75, 3.05) is 7.11 Å². The average Bonchev–Trinajstić information content (AvgIpc) is 2.63. The van der Waals surface area contributed by atoms with Crippen LogP contribution in [-0.2, 0) is 4.79 Å². The highest BCUT2D eigenvalue weighted by atomic mass is 35.5. The summed E-state index contributed by atoms with van der Waals surface area (Å²) >= 11 is 6.14. The predicted octanol–water partition coefficient (Wildman–Crippen LogP) is 4.54. The average molecular weight is 374 g/mol. The predicted molar refractivity (Wildman–Crippen MR) is 97.5 cm³/mol. The molecule has 7 heteroatoms. The van der Waals surface area contributed by atoms with Crippen LogP contribution in [0.25, 0.3) is 10.9 Å². The van der Waals surface area contributed by atoms with Crippen LogP contribution in [0.3, 0.4) is 0 Å².